The van der Waals surface area contributed by atoms with Crippen LogP contribution in [0.4, 0.5) is 0 Å². The van der Waals surface area contributed by atoms with Crippen LogP contribution in [0.2, 0.25) is 0 Å². The van der Waals surface area contributed by atoms with E-state index < -0.39 is 0 Å². The number of para-hydroxylation sites is 1. The molecule has 1 aromatic carbocycles. The molecule has 2 nitrogen and oxygen atoms in total. The van der Waals surface area contributed by atoms with Crippen LogP contribution >= 0.6 is 0 Å². The number of nitrogens with one attached hydrogen (secondary N) is 1. The summed E-state index contributed by atoms with van der Waals surface area (Å²) in [6.07, 6.45) is 7.48. The van der Waals surface area contributed by atoms with Crippen molar-refractivity contribution in [3.63, 3.8) is 0 Å². The molecule has 0 radical (unpaired) electrons. The zero-order valence-electron chi connectivity index (χ0n) is 10.8. The van der Waals surface area contributed by atoms with Gasteiger partial charge in [0.25, 0.3) is 0 Å². The maximum atomic E-state index is 11.6. The molecule has 1 heterocycles. The van der Waals surface area contributed by atoms with Gasteiger partial charge in [-0.25, -0.2) is 0 Å². The van der Waals surface area contributed by atoms with E-state index in [0.717, 1.165) is 30.5 Å². The van der Waals surface area contributed by atoms with Gasteiger partial charge in [-0.15, -0.1) is 0 Å². The third-order valence-corrected chi connectivity index (χ3v) is 3.03. The summed E-state index contributed by atoms with van der Waals surface area (Å²) in [6, 6.07) is 10.2. The Morgan fingerprint density at radius 3 is 2.89 bits per heavy atom. The van der Waals surface area contributed by atoms with Gasteiger partial charge in [0.2, 0.25) is 0 Å². The Morgan fingerprint density at radius 1 is 1.28 bits per heavy atom. The maximum Gasteiger partial charge on any atom is 0.155 e. The number of hydrogen-bond acceptors (Lipinski definition) is 1. The van der Waals surface area contributed by atoms with E-state index in [1.165, 1.54) is 5.39 Å². The minimum Gasteiger partial charge on any atom is -0.355 e. The number of H-pyrrole nitrogens is 1. The van der Waals surface area contributed by atoms with Gasteiger partial charge >= 0.3 is 0 Å². The van der Waals surface area contributed by atoms with Crippen molar-refractivity contribution < 1.29 is 4.79 Å². The fourth-order valence-electron chi connectivity index (χ4n) is 2.00. The molecule has 2 heteroatoms. The Hall–Kier alpha value is -1.83. The summed E-state index contributed by atoms with van der Waals surface area (Å²) < 4.78 is 0. The molecule has 0 aliphatic rings. The minimum absolute atomic E-state index is 0.210. The van der Waals surface area contributed by atoms with Crippen LogP contribution in [0.3, 0.4) is 0 Å². The number of allylic oxidation sites excluding steroid dienone is 1. The lowest BCUT2D eigenvalue weighted by Gasteiger charge is -1.93. The second-order valence-corrected chi connectivity index (χ2v) is 4.57. The molecule has 0 aliphatic carbocycles. The zero-order valence-corrected chi connectivity index (χ0v) is 10.8. The Morgan fingerprint density at radius 2 is 2.11 bits per heavy atom. The van der Waals surface area contributed by atoms with Crippen LogP contribution < -0.4 is 0 Å². The van der Waals surface area contributed by atoms with Gasteiger partial charge in [0.1, 0.15) is 0 Å². The molecule has 2 rings (SSSR count). The highest BCUT2D eigenvalue weighted by Crippen LogP contribution is 2.15. The number of aromatic nitrogens is 1. The highest BCUT2D eigenvalue weighted by molar-refractivity contribution is 5.94. The van der Waals surface area contributed by atoms with Crippen molar-refractivity contribution in [1.82, 2.24) is 4.98 Å². The number of ketones is 1. The van der Waals surface area contributed by atoms with Crippen molar-refractivity contribution in [3.05, 3.63) is 42.1 Å². The fourth-order valence-corrected chi connectivity index (χ4v) is 2.00. The number of hydrogen-bond donors (Lipinski definition) is 1. The Kier molecular flexibility index (Phi) is 4.35. The van der Waals surface area contributed by atoms with Crippen molar-refractivity contribution >= 4 is 22.8 Å². The van der Waals surface area contributed by atoms with Gasteiger partial charge in [-0.3, -0.25) is 4.79 Å². The van der Waals surface area contributed by atoms with Crippen LogP contribution in [-0.4, -0.2) is 10.8 Å². The number of carbonyl (C=O) groups excluding carboxylic acids is 1. The van der Waals surface area contributed by atoms with E-state index in [4.69, 9.17) is 0 Å². The quantitative estimate of drug-likeness (QED) is 0.592. The normalized spacial score (nSPS) is 11.4. The SMILES string of the molecule is CCCCCC(=O)/C=C/c1cc2ccccc2[nH]1. The van der Waals surface area contributed by atoms with E-state index in [-0.39, 0.29) is 5.78 Å². The average Bonchev–Trinajstić information content (AvgIpc) is 2.79. The van der Waals surface area contributed by atoms with Crippen LogP contribution in [-0.2, 0) is 4.79 Å². The van der Waals surface area contributed by atoms with Crippen molar-refractivity contribution in [3.8, 4) is 0 Å². The van der Waals surface area contributed by atoms with Gasteiger partial charge in [0.15, 0.2) is 5.78 Å². The molecular weight excluding hydrogens is 222 g/mol. The Labute approximate surface area is 108 Å². The summed E-state index contributed by atoms with van der Waals surface area (Å²) >= 11 is 0. The van der Waals surface area contributed by atoms with Gasteiger partial charge in [-0.1, -0.05) is 38.0 Å². The van der Waals surface area contributed by atoms with Crippen molar-refractivity contribution in [2.75, 3.05) is 0 Å². The van der Waals surface area contributed by atoms with Gasteiger partial charge in [-0.05, 0) is 36.1 Å². The molecule has 1 aromatic heterocycles. The van der Waals surface area contributed by atoms with E-state index in [2.05, 4.69) is 24.0 Å². The van der Waals surface area contributed by atoms with E-state index in [1.807, 2.05) is 24.3 Å². The molecule has 0 amide bonds. The second-order valence-electron chi connectivity index (χ2n) is 4.57. The van der Waals surface area contributed by atoms with Gasteiger partial charge in [-0.2, -0.15) is 0 Å². The predicted octanol–water partition coefficient (Wildman–Crippen LogP) is 4.33. The van der Waals surface area contributed by atoms with Crippen LogP contribution in [0.25, 0.3) is 17.0 Å². The first-order valence-electron chi connectivity index (χ1n) is 6.58. The first-order chi connectivity index (χ1) is 8.79. The lowest BCUT2D eigenvalue weighted by Crippen LogP contribution is -1.91. The van der Waals surface area contributed by atoms with Crippen LogP contribution in [0.5, 0.6) is 0 Å². The third-order valence-electron chi connectivity index (χ3n) is 3.03. The topological polar surface area (TPSA) is 32.9 Å². The van der Waals surface area contributed by atoms with Crippen LogP contribution in [0.15, 0.2) is 36.4 Å². The van der Waals surface area contributed by atoms with Crippen molar-refractivity contribution in [1.29, 1.82) is 0 Å². The molecule has 0 saturated carbocycles. The van der Waals surface area contributed by atoms with Gasteiger partial charge in [0, 0.05) is 17.6 Å². The molecule has 0 fully saturated rings. The predicted molar refractivity (Wildman–Crippen MR) is 76.5 cm³/mol. The summed E-state index contributed by atoms with van der Waals surface area (Å²) in [5.74, 6) is 0.210. The van der Waals surface area contributed by atoms with E-state index >= 15 is 0 Å². The van der Waals surface area contributed by atoms with E-state index in [9.17, 15) is 4.79 Å². The summed E-state index contributed by atoms with van der Waals surface area (Å²) in [5.41, 5.74) is 2.09. The highest BCUT2D eigenvalue weighted by atomic mass is 16.1. The molecule has 0 unspecified atom stereocenters. The average molecular weight is 241 g/mol. The standard InChI is InChI=1S/C16H19NO/c1-2-3-4-8-15(18)11-10-14-12-13-7-5-6-9-16(13)17-14/h5-7,9-12,17H,2-4,8H2,1H3/b11-10+. The number of aromatic amines is 1. The molecule has 2 aromatic rings. The third kappa shape index (κ3) is 3.33. The van der Waals surface area contributed by atoms with Crippen LogP contribution in [0.1, 0.15) is 38.3 Å². The summed E-state index contributed by atoms with van der Waals surface area (Å²) in [7, 11) is 0. The monoisotopic (exact) mass is 241 g/mol. The van der Waals surface area contributed by atoms with Crippen LogP contribution in [0, 0.1) is 0 Å². The number of benzene rings is 1. The number of fused-ring (bicyclic) bond motifs is 1. The molecule has 0 atom stereocenters. The van der Waals surface area contributed by atoms with E-state index in [1.54, 1.807) is 6.08 Å². The van der Waals surface area contributed by atoms with E-state index in [0.29, 0.717) is 6.42 Å². The Balaban J connectivity index is 1.98. The van der Waals surface area contributed by atoms with Gasteiger partial charge < -0.3 is 4.98 Å². The molecule has 0 saturated heterocycles. The Bertz CT molecular complexity index is 518. The number of carbonyl (C=O) groups is 1. The summed E-state index contributed by atoms with van der Waals surface area (Å²) in [6.45, 7) is 2.14. The first kappa shape index (κ1) is 12.6. The maximum absolute atomic E-state index is 11.6. The van der Waals surface area contributed by atoms with Crippen molar-refractivity contribution in [2.45, 2.75) is 32.6 Å². The minimum atomic E-state index is 0.210. The molecule has 18 heavy (non-hydrogen) atoms. The smallest absolute Gasteiger partial charge is 0.155 e. The van der Waals surface area contributed by atoms with Gasteiger partial charge in [0.05, 0.1) is 0 Å². The lowest BCUT2D eigenvalue weighted by atomic mass is 10.1. The molecule has 1 N–H and O–H groups in total. The lowest BCUT2D eigenvalue weighted by molar-refractivity contribution is -0.114. The molecule has 94 valence electrons. The second kappa shape index (κ2) is 6.20. The molecule has 0 spiro atoms. The van der Waals surface area contributed by atoms with Crippen molar-refractivity contribution in [2.24, 2.45) is 0 Å². The molecule has 0 bridgehead atoms. The number of unbranched alkanes of at least 4 members (excludes halogenated alkanes) is 2. The fraction of sp³-hybridized carbons (Fsp3) is 0.312. The summed E-state index contributed by atoms with van der Waals surface area (Å²) in [4.78, 5) is 14.9. The summed E-state index contributed by atoms with van der Waals surface area (Å²) in [5, 5.41) is 1.18. The molecule has 0 aliphatic heterocycles. The highest BCUT2D eigenvalue weighted by Gasteiger charge is 1.98. The largest absolute Gasteiger partial charge is 0.355 e. The number of rotatable bonds is 6. The molecular formula is C16H19NO. The first-order valence-corrected chi connectivity index (χ1v) is 6.58. The zero-order chi connectivity index (χ0) is 12.8.